The molecule has 124 valence electrons. The molecule has 24 heavy (non-hydrogen) atoms. The summed E-state index contributed by atoms with van der Waals surface area (Å²) in [5, 5.41) is 3.19. The Morgan fingerprint density at radius 1 is 1.25 bits per heavy atom. The van der Waals surface area contributed by atoms with Gasteiger partial charge in [-0.1, -0.05) is 0 Å². The average Bonchev–Trinajstić information content (AvgIpc) is 3.25. The van der Waals surface area contributed by atoms with Crippen molar-refractivity contribution < 1.29 is 14.0 Å². The third kappa shape index (κ3) is 2.58. The summed E-state index contributed by atoms with van der Waals surface area (Å²) in [5.41, 5.74) is 0.804. The molecule has 1 atom stereocenters. The van der Waals surface area contributed by atoms with Gasteiger partial charge in [0.15, 0.2) is 5.76 Å². The summed E-state index contributed by atoms with van der Waals surface area (Å²) in [6, 6.07) is 7.20. The van der Waals surface area contributed by atoms with Crippen molar-refractivity contribution in [3.8, 4) is 0 Å². The van der Waals surface area contributed by atoms with E-state index in [1.54, 1.807) is 29.4 Å². The first-order valence-corrected chi connectivity index (χ1v) is 8.22. The fraction of sp³-hybridized carbons (Fsp3) is 0.389. The fourth-order valence-electron chi connectivity index (χ4n) is 3.77. The second-order valence-electron chi connectivity index (χ2n) is 6.58. The summed E-state index contributed by atoms with van der Waals surface area (Å²) in [6.45, 7) is 1.26. The quantitative estimate of drug-likeness (QED) is 0.916. The lowest BCUT2D eigenvalue weighted by atomic mass is 9.82. The standard InChI is InChI=1S/C18H19N3O3/c22-16-14(13-3-7-19-8-4-13)12-18(20-16)5-9-21(10-6-18)17(23)15-2-1-11-24-15/h1-4,7-8,11,14H,5-6,9-10,12H2,(H,20,22). The number of likely N-dealkylation sites (tertiary alicyclic amines) is 1. The zero-order valence-corrected chi connectivity index (χ0v) is 13.3. The molecule has 1 N–H and O–H groups in total. The lowest BCUT2D eigenvalue weighted by molar-refractivity contribution is -0.121. The van der Waals surface area contributed by atoms with Gasteiger partial charge in [-0.2, -0.15) is 0 Å². The van der Waals surface area contributed by atoms with Crippen molar-refractivity contribution in [2.24, 2.45) is 0 Å². The largest absolute Gasteiger partial charge is 0.459 e. The zero-order chi connectivity index (χ0) is 16.6. The van der Waals surface area contributed by atoms with Crippen LogP contribution in [0.5, 0.6) is 0 Å². The van der Waals surface area contributed by atoms with E-state index < -0.39 is 0 Å². The third-order valence-electron chi connectivity index (χ3n) is 5.15. The Hall–Kier alpha value is -2.63. The van der Waals surface area contributed by atoms with Gasteiger partial charge in [-0.25, -0.2) is 0 Å². The number of piperidine rings is 1. The van der Waals surface area contributed by atoms with E-state index in [1.165, 1.54) is 6.26 Å². The lowest BCUT2D eigenvalue weighted by Crippen LogP contribution is -2.52. The number of hydrogen-bond acceptors (Lipinski definition) is 4. The monoisotopic (exact) mass is 325 g/mol. The highest BCUT2D eigenvalue weighted by molar-refractivity contribution is 5.91. The molecule has 2 aliphatic heterocycles. The predicted molar refractivity (Wildman–Crippen MR) is 86.3 cm³/mol. The molecular formula is C18H19N3O3. The van der Waals surface area contributed by atoms with Gasteiger partial charge in [0.1, 0.15) is 0 Å². The number of hydrogen-bond donors (Lipinski definition) is 1. The molecule has 2 amide bonds. The normalized spacial score (nSPS) is 22.6. The lowest BCUT2D eigenvalue weighted by Gasteiger charge is -2.39. The van der Waals surface area contributed by atoms with Crippen LogP contribution in [0.25, 0.3) is 0 Å². The summed E-state index contributed by atoms with van der Waals surface area (Å²) < 4.78 is 5.19. The van der Waals surface area contributed by atoms with Crippen molar-refractivity contribution in [1.29, 1.82) is 0 Å². The number of nitrogens with one attached hydrogen (secondary N) is 1. The molecule has 0 aliphatic carbocycles. The van der Waals surface area contributed by atoms with Crippen LogP contribution in [0.1, 0.15) is 41.3 Å². The van der Waals surface area contributed by atoms with E-state index in [1.807, 2.05) is 12.1 Å². The summed E-state index contributed by atoms with van der Waals surface area (Å²) >= 11 is 0. The molecule has 4 rings (SSSR count). The van der Waals surface area contributed by atoms with Gasteiger partial charge >= 0.3 is 0 Å². The Morgan fingerprint density at radius 3 is 2.67 bits per heavy atom. The van der Waals surface area contributed by atoms with Crippen molar-refractivity contribution >= 4 is 11.8 Å². The molecule has 0 aromatic carbocycles. The summed E-state index contributed by atoms with van der Waals surface area (Å²) in [6.07, 6.45) is 7.27. The van der Waals surface area contributed by atoms with Crippen molar-refractivity contribution in [3.05, 3.63) is 54.2 Å². The van der Waals surface area contributed by atoms with E-state index in [-0.39, 0.29) is 23.3 Å². The van der Waals surface area contributed by atoms with Crippen molar-refractivity contribution in [1.82, 2.24) is 15.2 Å². The first kappa shape index (κ1) is 14.9. The van der Waals surface area contributed by atoms with E-state index in [9.17, 15) is 9.59 Å². The smallest absolute Gasteiger partial charge is 0.289 e. The van der Waals surface area contributed by atoms with Crippen molar-refractivity contribution in [2.45, 2.75) is 30.7 Å². The molecule has 4 heterocycles. The second kappa shape index (κ2) is 5.78. The van der Waals surface area contributed by atoms with E-state index in [2.05, 4.69) is 10.3 Å². The number of carbonyl (C=O) groups is 2. The highest BCUT2D eigenvalue weighted by Crippen LogP contribution is 2.39. The van der Waals surface area contributed by atoms with E-state index in [4.69, 9.17) is 4.42 Å². The van der Waals surface area contributed by atoms with Crippen LogP contribution < -0.4 is 5.32 Å². The molecular weight excluding hydrogens is 306 g/mol. The topological polar surface area (TPSA) is 75.4 Å². The van der Waals surface area contributed by atoms with Crippen LogP contribution in [0.4, 0.5) is 0 Å². The highest BCUT2D eigenvalue weighted by Gasteiger charge is 2.46. The molecule has 0 saturated carbocycles. The Balaban J connectivity index is 1.44. The minimum Gasteiger partial charge on any atom is -0.459 e. The van der Waals surface area contributed by atoms with Gasteiger partial charge in [0.05, 0.1) is 12.2 Å². The minimum absolute atomic E-state index is 0.0759. The van der Waals surface area contributed by atoms with Gasteiger partial charge in [0, 0.05) is 31.0 Å². The summed E-state index contributed by atoms with van der Waals surface area (Å²) in [4.78, 5) is 30.6. The molecule has 0 radical (unpaired) electrons. The van der Waals surface area contributed by atoms with Crippen LogP contribution in [0, 0.1) is 0 Å². The predicted octanol–water partition coefficient (Wildman–Crippen LogP) is 1.95. The number of carbonyl (C=O) groups excluding carboxylic acids is 2. The molecule has 6 heteroatoms. The van der Waals surface area contributed by atoms with Gasteiger partial charge in [0.25, 0.3) is 5.91 Å². The number of nitrogens with zero attached hydrogens (tertiary/aromatic N) is 2. The molecule has 2 aromatic heterocycles. The van der Waals surface area contributed by atoms with E-state index >= 15 is 0 Å². The van der Waals surface area contributed by atoms with E-state index in [0.717, 1.165) is 24.8 Å². The Kier molecular flexibility index (Phi) is 3.59. The van der Waals surface area contributed by atoms with Crippen LogP contribution in [0.2, 0.25) is 0 Å². The molecule has 2 aliphatic rings. The number of aromatic nitrogens is 1. The van der Waals surface area contributed by atoms with Gasteiger partial charge in [-0.3, -0.25) is 14.6 Å². The van der Waals surface area contributed by atoms with Crippen LogP contribution >= 0.6 is 0 Å². The number of furan rings is 1. The number of rotatable bonds is 2. The highest BCUT2D eigenvalue weighted by atomic mass is 16.3. The first-order chi connectivity index (χ1) is 11.7. The maximum atomic E-state index is 12.4. The molecule has 2 aromatic rings. The van der Waals surface area contributed by atoms with Gasteiger partial charge in [-0.15, -0.1) is 0 Å². The van der Waals surface area contributed by atoms with Crippen LogP contribution in [0.3, 0.4) is 0 Å². The molecule has 1 unspecified atom stereocenters. The average molecular weight is 325 g/mol. The molecule has 0 bridgehead atoms. The SMILES string of the molecule is O=C1NC2(CCN(C(=O)c3ccco3)CC2)CC1c1ccncc1. The van der Waals surface area contributed by atoms with Gasteiger partial charge in [-0.05, 0) is 49.1 Å². The maximum absolute atomic E-state index is 12.4. The summed E-state index contributed by atoms with van der Waals surface area (Å²) in [5.74, 6) is 0.244. The molecule has 2 fully saturated rings. The van der Waals surface area contributed by atoms with Gasteiger partial charge < -0.3 is 14.6 Å². The zero-order valence-electron chi connectivity index (χ0n) is 13.3. The van der Waals surface area contributed by atoms with Crippen molar-refractivity contribution in [3.63, 3.8) is 0 Å². The van der Waals surface area contributed by atoms with Crippen LogP contribution in [-0.4, -0.2) is 40.3 Å². The van der Waals surface area contributed by atoms with Crippen LogP contribution in [0.15, 0.2) is 47.3 Å². The molecule has 1 spiro atoms. The van der Waals surface area contributed by atoms with Crippen molar-refractivity contribution in [2.75, 3.05) is 13.1 Å². The maximum Gasteiger partial charge on any atom is 0.289 e. The van der Waals surface area contributed by atoms with E-state index in [0.29, 0.717) is 18.8 Å². The van der Waals surface area contributed by atoms with Gasteiger partial charge in [0.2, 0.25) is 5.91 Å². The number of pyridine rings is 1. The molecule has 2 saturated heterocycles. The molecule has 6 nitrogen and oxygen atoms in total. The Labute approximate surface area is 139 Å². The Morgan fingerprint density at radius 2 is 2.00 bits per heavy atom. The minimum atomic E-state index is -0.203. The second-order valence-corrected chi connectivity index (χ2v) is 6.58. The third-order valence-corrected chi connectivity index (χ3v) is 5.15. The summed E-state index contributed by atoms with van der Waals surface area (Å²) in [7, 11) is 0. The Bertz CT molecular complexity index is 734. The first-order valence-electron chi connectivity index (χ1n) is 8.22. The number of amides is 2. The fourth-order valence-corrected chi connectivity index (χ4v) is 3.77. The van der Waals surface area contributed by atoms with Crippen LogP contribution in [-0.2, 0) is 4.79 Å².